The van der Waals surface area contributed by atoms with Crippen molar-refractivity contribution in [1.29, 1.82) is 0 Å². The molecule has 6 heteroatoms. The second-order valence-corrected chi connectivity index (χ2v) is 5.31. The maximum Gasteiger partial charge on any atom is 0.408 e. The Balaban J connectivity index is 3.08. The van der Waals surface area contributed by atoms with Crippen LogP contribution in [0.15, 0.2) is 35.5 Å². The van der Waals surface area contributed by atoms with Gasteiger partial charge < -0.3 is 14.3 Å². The van der Waals surface area contributed by atoms with Gasteiger partial charge in [-0.15, -0.1) is 6.58 Å². The Morgan fingerprint density at radius 2 is 2.15 bits per heavy atom. The number of furan rings is 1. The molecule has 0 aliphatic carbocycles. The molecular weight excluding hydrogens is 262 g/mol. The Hall–Kier alpha value is -2.24. The van der Waals surface area contributed by atoms with Gasteiger partial charge in [-0.05, 0) is 32.9 Å². The summed E-state index contributed by atoms with van der Waals surface area (Å²) < 4.78 is 10.2. The van der Waals surface area contributed by atoms with Gasteiger partial charge in [0.1, 0.15) is 11.4 Å². The summed E-state index contributed by atoms with van der Waals surface area (Å²) in [5.74, 6) is -1.14. The smallest absolute Gasteiger partial charge is 0.408 e. The van der Waals surface area contributed by atoms with E-state index >= 15 is 0 Å². The Kier molecular flexibility index (Phi) is 4.60. The van der Waals surface area contributed by atoms with Crippen LogP contribution in [0.2, 0.25) is 0 Å². The Morgan fingerprint density at radius 3 is 2.55 bits per heavy atom. The normalized spacial score (nSPS) is 14.2. The van der Waals surface area contributed by atoms with Crippen LogP contribution in [-0.4, -0.2) is 22.8 Å². The summed E-state index contributed by atoms with van der Waals surface area (Å²) in [6.07, 6.45) is 1.87. The van der Waals surface area contributed by atoms with Gasteiger partial charge in [-0.3, -0.25) is 5.32 Å². The first-order chi connectivity index (χ1) is 9.21. The fraction of sp³-hybridized carbons (Fsp3) is 0.429. The molecule has 1 atom stereocenters. The molecule has 1 aromatic rings. The zero-order valence-electron chi connectivity index (χ0n) is 11.8. The van der Waals surface area contributed by atoms with E-state index in [1.54, 1.807) is 26.8 Å². The van der Waals surface area contributed by atoms with Crippen molar-refractivity contribution in [3.05, 3.63) is 36.8 Å². The van der Waals surface area contributed by atoms with Crippen molar-refractivity contribution in [2.45, 2.75) is 38.3 Å². The standard InChI is InChI=1S/C14H19NO5/c1-5-8-14(11(16)17,10-7-6-9-19-10)15-12(18)20-13(2,3)4/h5-7,9H,1,8H2,2-4H3,(H,15,18)(H,16,17)/t14-/m0/s1. The van der Waals surface area contributed by atoms with Crippen LogP contribution in [0.3, 0.4) is 0 Å². The van der Waals surface area contributed by atoms with E-state index in [1.807, 2.05) is 0 Å². The zero-order chi connectivity index (χ0) is 15.4. The van der Waals surface area contributed by atoms with E-state index in [-0.39, 0.29) is 12.2 Å². The summed E-state index contributed by atoms with van der Waals surface area (Å²) in [6, 6.07) is 3.03. The van der Waals surface area contributed by atoms with E-state index < -0.39 is 23.2 Å². The van der Waals surface area contributed by atoms with Crippen LogP contribution in [0.1, 0.15) is 33.0 Å². The van der Waals surface area contributed by atoms with E-state index in [0.717, 1.165) is 0 Å². The average molecular weight is 281 g/mol. The van der Waals surface area contributed by atoms with Gasteiger partial charge in [0.15, 0.2) is 0 Å². The van der Waals surface area contributed by atoms with Crippen LogP contribution in [0.4, 0.5) is 4.79 Å². The number of amides is 1. The predicted molar refractivity (Wildman–Crippen MR) is 72.2 cm³/mol. The highest BCUT2D eigenvalue weighted by molar-refractivity contribution is 5.85. The van der Waals surface area contributed by atoms with Crippen molar-refractivity contribution >= 4 is 12.1 Å². The number of ether oxygens (including phenoxy) is 1. The maximum atomic E-state index is 11.9. The molecule has 20 heavy (non-hydrogen) atoms. The van der Waals surface area contributed by atoms with E-state index in [0.29, 0.717) is 0 Å². The molecule has 0 spiro atoms. The maximum absolute atomic E-state index is 11.9. The number of carboxylic acids is 1. The topological polar surface area (TPSA) is 88.8 Å². The lowest BCUT2D eigenvalue weighted by Crippen LogP contribution is -2.52. The molecule has 0 saturated heterocycles. The van der Waals surface area contributed by atoms with Gasteiger partial charge in [0, 0.05) is 6.42 Å². The SMILES string of the molecule is C=CC[C@@](NC(=O)OC(C)(C)C)(C(=O)O)c1ccco1. The molecule has 0 bridgehead atoms. The molecule has 0 aliphatic rings. The van der Waals surface area contributed by atoms with Crippen molar-refractivity contribution in [3.8, 4) is 0 Å². The highest BCUT2D eigenvalue weighted by Gasteiger charge is 2.44. The van der Waals surface area contributed by atoms with Crippen LogP contribution in [0.5, 0.6) is 0 Å². The van der Waals surface area contributed by atoms with Crippen LogP contribution in [-0.2, 0) is 15.1 Å². The average Bonchev–Trinajstić information content (AvgIpc) is 2.78. The number of alkyl carbamates (subject to hydrolysis) is 1. The van der Waals surface area contributed by atoms with Crippen molar-refractivity contribution < 1.29 is 23.8 Å². The molecule has 0 aromatic carbocycles. The largest absolute Gasteiger partial charge is 0.479 e. The molecule has 2 N–H and O–H groups in total. The Bertz CT molecular complexity index is 486. The summed E-state index contributed by atoms with van der Waals surface area (Å²) in [7, 11) is 0. The van der Waals surface area contributed by atoms with Gasteiger partial charge in [0.25, 0.3) is 0 Å². The third-order valence-corrected chi connectivity index (χ3v) is 2.47. The van der Waals surface area contributed by atoms with Crippen LogP contribution >= 0.6 is 0 Å². The molecule has 6 nitrogen and oxygen atoms in total. The number of rotatable bonds is 5. The summed E-state index contributed by atoms with van der Waals surface area (Å²) in [5, 5.41) is 11.9. The minimum Gasteiger partial charge on any atom is -0.479 e. The molecular formula is C14H19NO5. The highest BCUT2D eigenvalue weighted by Crippen LogP contribution is 2.27. The number of carbonyl (C=O) groups excluding carboxylic acids is 1. The highest BCUT2D eigenvalue weighted by atomic mass is 16.6. The number of aliphatic carboxylic acids is 1. The van der Waals surface area contributed by atoms with Crippen molar-refractivity contribution in [2.75, 3.05) is 0 Å². The zero-order valence-corrected chi connectivity index (χ0v) is 11.8. The lowest BCUT2D eigenvalue weighted by molar-refractivity contribution is -0.146. The minimum atomic E-state index is -1.73. The fourth-order valence-corrected chi connectivity index (χ4v) is 1.68. The number of carbonyl (C=O) groups is 2. The third-order valence-electron chi connectivity index (χ3n) is 2.47. The quantitative estimate of drug-likeness (QED) is 0.810. The van der Waals surface area contributed by atoms with Crippen LogP contribution < -0.4 is 5.32 Å². The minimum absolute atomic E-state index is 0.0326. The van der Waals surface area contributed by atoms with Gasteiger partial charge in [-0.1, -0.05) is 6.08 Å². The Morgan fingerprint density at radius 1 is 1.50 bits per heavy atom. The van der Waals surface area contributed by atoms with Gasteiger partial charge in [0.05, 0.1) is 6.26 Å². The molecule has 1 rings (SSSR count). The molecule has 1 aromatic heterocycles. The molecule has 0 unspecified atom stereocenters. The third kappa shape index (κ3) is 3.63. The summed E-state index contributed by atoms with van der Waals surface area (Å²) >= 11 is 0. The first-order valence-corrected chi connectivity index (χ1v) is 6.11. The van der Waals surface area contributed by atoms with Gasteiger partial charge in [-0.25, -0.2) is 9.59 Å². The van der Waals surface area contributed by atoms with Gasteiger partial charge >= 0.3 is 12.1 Å². The first-order valence-electron chi connectivity index (χ1n) is 6.11. The van der Waals surface area contributed by atoms with E-state index in [2.05, 4.69) is 11.9 Å². The van der Waals surface area contributed by atoms with Crippen molar-refractivity contribution in [2.24, 2.45) is 0 Å². The fourth-order valence-electron chi connectivity index (χ4n) is 1.68. The van der Waals surface area contributed by atoms with Crippen LogP contribution in [0, 0.1) is 0 Å². The molecule has 0 fully saturated rings. The summed E-state index contributed by atoms with van der Waals surface area (Å²) in [6.45, 7) is 8.59. The molecule has 0 saturated carbocycles. The predicted octanol–water partition coefficient (Wildman–Crippen LogP) is 2.66. The number of hydrogen-bond acceptors (Lipinski definition) is 4. The molecule has 110 valence electrons. The first kappa shape index (κ1) is 15.8. The van der Waals surface area contributed by atoms with Crippen LogP contribution in [0.25, 0.3) is 0 Å². The van der Waals surface area contributed by atoms with E-state index in [9.17, 15) is 14.7 Å². The molecule has 1 heterocycles. The molecule has 0 aliphatic heterocycles. The second-order valence-electron chi connectivity index (χ2n) is 5.31. The number of nitrogens with one attached hydrogen (secondary N) is 1. The van der Waals surface area contributed by atoms with Crippen molar-refractivity contribution in [3.63, 3.8) is 0 Å². The number of carboxylic acid groups (broad SMARTS) is 1. The van der Waals surface area contributed by atoms with E-state index in [1.165, 1.54) is 18.4 Å². The monoisotopic (exact) mass is 281 g/mol. The summed E-state index contributed by atoms with van der Waals surface area (Å²) in [5.41, 5.74) is -2.46. The number of hydrogen-bond donors (Lipinski definition) is 2. The summed E-state index contributed by atoms with van der Waals surface area (Å²) in [4.78, 5) is 23.5. The lowest BCUT2D eigenvalue weighted by atomic mass is 9.92. The van der Waals surface area contributed by atoms with Gasteiger partial charge in [0.2, 0.25) is 5.54 Å². The second kappa shape index (κ2) is 5.81. The van der Waals surface area contributed by atoms with E-state index in [4.69, 9.17) is 9.15 Å². The lowest BCUT2D eigenvalue weighted by Gasteiger charge is -2.29. The molecule has 0 radical (unpaired) electrons. The van der Waals surface area contributed by atoms with Crippen molar-refractivity contribution in [1.82, 2.24) is 5.32 Å². The Labute approximate surface area is 117 Å². The molecule has 1 amide bonds. The van der Waals surface area contributed by atoms with Gasteiger partial charge in [-0.2, -0.15) is 0 Å².